The Balaban J connectivity index is 1.52. The van der Waals surface area contributed by atoms with Crippen molar-refractivity contribution in [3.8, 4) is 0 Å². The summed E-state index contributed by atoms with van der Waals surface area (Å²) in [5.41, 5.74) is 1.56. The minimum Gasteiger partial charge on any atom is -0.439 e. The lowest BCUT2D eigenvalue weighted by Crippen LogP contribution is -2.23. The quantitative estimate of drug-likeness (QED) is 0.784. The predicted molar refractivity (Wildman–Crippen MR) is 78.5 cm³/mol. The number of benzene rings is 1. The fourth-order valence-electron chi connectivity index (χ4n) is 1.95. The monoisotopic (exact) mass is 286 g/mol. The second-order valence-corrected chi connectivity index (χ2v) is 5.46. The summed E-state index contributed by atoms with van der Waals surface area (Å²) in [6.07, 6.45) is 1.26. The predicted octanol–water partition coefficient (Wildman–Crippen LogP) is 3.14. The molecule has 102 valence electrons. The average molecular weight is 286 g/mol. The van der Waals surface area contributed by atoms with E-state index >= 15 is 0 Å². The van der Waals surface area contributed by atoms with Crippen molar-refractivity contribution in [2.75, 3.05) is 0 Å². The summed E-state index contributed by atoms with van der Waals surface area (Å²) in [6, 6.07) is 11.6. The van der Waals surface area contributed by atoms with Gasteiger partial charge in [0.25, 0.3) is 0 Å². The van der Waals surface area contributed by atoms with Gasteiger partial charge in [-0.05, 0) is 30.0 Å². The fourth-order valence-corrected chi connectivity index (χ4v) is 2.66. The van der Waals surface area contributed by atoms with Crippen molar-refractivity contribution < 1.29 is 9.21 Å². The van der Waals surface area contributed by atoms with Crippen molar-refractivity contribution >= 4 is 28.3 Å². The highest BCUT2D eigenvalue weighted by Gasteiger charge is 2.07. The van der Waals surface area contributed by atoms with E-state index in [2.05, 4.69) is 10.3 Å². The maximum absolute atomic E-state index is 11.8. The van der Waals surface area contributed by atoms with E-state index < -0.39 is 0 Å². The normalized spacial score (nSPS) is 10.8. The molecule has 0 aliphatic heterocycles. The highest BCUT2D eigenvalue weighted by Crippen LogP contribution is 2.14. The van der Waals surface area contributed by atoms with E-state index in [0.29, 0.717) is 18.9 Å². The maximum Gasteiger partial charge on any atom is 0.220 e. The van der Waals surface area contributed by atoms with Gasteiger partial charge in [-0.3, -0.25) is 4.79 Å². The zero-order valence-electron chi connectivity index (χ0n) is 10.8. The largest absolute Gasteiger partial charge is 0.439 e. The van der Waals surface area contributed by atoms with E-state index in [1.165, 1.54) is 4.88 Å². The summed E-state index contributed by atoms with van der Waals surface area (Å²) in [6.45, 7) is 0.331. The number of oxazole rings is 1. The number of hydrogen-bond donors (Lipinski definition) is 1. The number of nitrogens with zero attached hydrogens (tertiary/aromatic N) is 1. The number of aryl methyl sites for hydroxylation is 1. The third-order valence-corrected chi connectivity index (χ3v) is 3.89. The second-order valence-electron chi connectivity index (χ2n) is 4.43. The number of rotatable bonds is 5. The number of hydrogen-bond acceptors (Lipinski definition) is 4. The highest BCUT2D eigenvalue weighted by atomic mass is 32.1. The molecule has 1 N–H and O–H groups in total. The minimum absolute atomic E-state index is 0.0145. The Hall–Kier alpha value is -2.14. The van der Waals surface area contributed by atoms with Crippen LogP contribution < -0.4 is 5.32 Å². The minimum atomic E-state index is 0.0145. The van der Waals surface area contributed by atoms with Crippen molar-refractivity contribution in [1.82, 2.24) is 10.3 Å². The molecular formula is C15H14N2O2S. The third-order valence-electron chi connectivity index (χ3n) is 2.95. The van der Waals surface area contributed by atoms with Gasteiger partial charge in [-0.1, -0.05) is 18.2 Å². The molecule has 0 atom stereocenters. The number of carbonyl (C=O) groups is 1. The first-order chi connectivity index (χ1) is 9.81. The van der Waals surface area contributed by atoms with Gasteiger partial charge in [0, 0.05) is 11.3 Å². The van der Waals surface area contributed by atoms with Crippen molar-refractivity contribution in [1.29, 1.82) is 0 Å². The summed E-state index contributed by atoms with van der Waals surface area (Å²) < 4.78 is 5.55. The van der Waals surface area contributed by atoms with Crippen LogP contribution in [0.3, 0.4) is 0 Å². The third kappa shape index (κ3) is 3.05. The van der Waals surface area contributed by atoms with Crippen LogP contribution in [0.25, 0.3) is 11.1 Å². The lowest BCUT2D eigenvalue weighted by atomic mass is 10.2. The van der Waals surface area contributed by atoms with Crippen molar-refractivity contribution in [3.05, 3.63) is 52.5 Å². The van der Waals surface area contributed by atoms with Crippen LogP contribution in [-0.4, -0.2) is 10.9 Å². The lowest BCUT2D eigenvalue weighted by Gasteiger charge is -2.01. The molecule has 5 heteroatoms. The van der Waals surface area contributed by atoms with Gasteiger partial charge in [0.15, 0.2) is 5.58 Å². The molecule has 1 amide bonds. The Labute approximate surface area is 120 Å². The number of fused-ring (bicyclic) bond motifs is 1. The first-order valence-corrected chi connectivity index (χ1v) is 7.33. The van der Waals surface area contributed by atoms with Gasteiger partial charge in [-0.2, -0.15) is 0 Å². The number of nitrogens with one attached hydrogen (secondary N) is 1. The summed E-state index contributed by atoms with van der Waals surface area (Å²) in [5, 5.41) is 4.85. The second kappa shape index (κ2) is 5.88. The zero-order valence-corrected chi connectivity index (χ0v) is 11.7. The van der Waals surface area contributed by atoms with E-state index in [-0.39, 0.29) is 5.91 Å². The number of amides is 1. The molecule has 0 fully saturated rings. The Morgan fingerprint density at radius 1 is 1.25 bits per heavy atom. The van der Waals surface area contributed by atoms with Crippen LogP contribution in [0.2, 0.25) is 0 Å². The summed E-state index contributed by atoms with van der Waals surface area (Å²) in [5.74, 6) is 0.552. The van der Waals surface area contributed by atoms with Crippen LogP contribution >= 0.6 is 11.3 Å². The zero-order chi connectivity index (χ0) is 13.8. The summed E-state index contributed by atoms with van der Waals surface area (Å²) in [4.78, 5) is 17.3. The van der Waals surface area contributed by atoms with Gasteiger partial charge in [0.2, 0.25) is 11.8 Å². The molecule has 0 aliphatic carbocycles. The van der Waals surface area contributed by atoms with E-state index in [1.54, 1.807) is 11.3 Å². The fraction of sp³-hybridized carbons (Fsp3) is 0.200. The van der Waals surface area contributed by atoms with Crippen LogP contribution in [0.4, 0.5) is 0 Å². The smallest absolute Gasteiger partial charge is 0.220 e. The van der Waals surface area contributed by atoms with Crippen molar-refractivity contribution in [3.63, 3.8) is 0 Å². The molecule has 0 saturated heterocycles. The SMILES string of the molecule is O=C(CCc1cccs1)NCc1nc2ccccc2o1. The standard InChI is InChI=1S/C15H14N2O2S/c18-14(8-7-11-4-3-9-20-11)16-10-15-17-12-5-1-2-6-13(12)19-15/h1-6,9H,7-8,10H2,(H,16,18). The first kappa shape index (κ1) is 12.9. The van der Waals surface area contributed by atoms with Crippen LogP contribution in [0.5, 0.6) is 0 Å². The number of para-hydroxylation sites is 2. The molecule has 0 bridgehead atoms. The maximum atomic E-state index is 11.8. The molecule has 3 aromatic rings. The van der Waals surface area contributed by atoms with Gasteiger partial charge in [-0.15, -0.1) is 11.3 Å². The first-order valence-electron chi connectivity index (χ1n) is 6.45. The van der Waals surface area contributed by atoms with E-state index in [1.807, 2.05) is 41.8 Å². The number of carbonyl (C=O) groups excluding carboxylic acids is 1. The van der Waals surface area contributed by atoms with Gasteiger partial charge < -0.3 is 9.73 Å². The van der Waals surface area contributed by atoms with Crippen LogP contribution in [0.1, 0.15) is 17.2 Å². The van der Waals surface area contributed by atoms with E-state index in [0.717, 1.165) is 17.5 Å². The molecule has 0 saturated carbocycles. The topological polar surface area (TPSA) is 55.1 Å². The molecule has 20 heavy (non-hydrogen) atoms. The van der Waals surface area contributed by atoms with Crippen LogP contribution in [-0.2, 0) is 17.8 Å². The number of aromatic nitrogens is 1. The molecule has 3 rings (SSSR count). The molecule has 2 aromatic heterocycles. The highest BCUT2D eigenvalue weighted by molar-refractivity contribution is 7.09. The van der Waals surface area contributed by atoms with Gasteiger partial charge in [0.05, 0.1) is 6.54 Å². The van der Waals surface area contributed by atoms with Crippen LogP contribution in [0.15, 0.2) is 46.2 Å². The molecule has 4 nitrogen and oxygen atoms in total. The molecule has 0 radical (unpaired) electrons. The molecule has 0 aliphatic rings. The van der Waals surface area contributed by atoms with E-state index in [4.69, 9.17) is 4.42 Å². The van der Waals surface area contributed by atoms with Crippen molar-refractivity contribution in [2.45, 2.75) is 19.4 Å². The molecule has 2 heterocycles. The van der Waals surface area contributed by atoms with Crippen molar-refractivity contribution in [2.24, 2.45) is 0 Å². The Bertz CT molecular complexity index is 671. The Morgan fingerprint density at radius 2 is 2.15 bits per heavy atom. The van der Waals surface area contributed by atoms with Crippen LogP contribution in [0, 0.1) is 0 Å². The molecule has 0 unspecified atom stereocenters. The Kier molecular flexibility index (Phi) is 3.78. The molecule has 1 aromatic carbocycles. The van der Waals surface area contributed by atoms with Gasteiger partial charge in [-0.25, -0.2) is 4.98 Å². The lowest BCUT2D eigenvalue weighted by molar-refractivity contribution is -0.121. The van der Waals surface area contributed by atoms with E-state index in [9.17, 15) is 4.79 Å². The Morgan fingerprint density at radius 3 is 2.95 bits per heavy atom. The molecule has 0 spiro atoms. The summed E-state index contributed by atoms with van der Waals surface area (Å²) in [7, 11) is 0. The number of thiophene rings is 1. The van der Waals surface area contributed by atoms with Gasteiger partial charge in [0.1, 0.15) is 5.52 Å². The molecular weight excluding hydrogens is 272 g/mol. The summed E-state index contributed by atoms with van der Waals surface area (Å²) >= 11 is 1.67. The average Bonchev–Trinajstić information content (AvgIpc) is 3.11. The van der Waals surface area contributed by atoms with Gasteiger partial charge >= 0.3 is 0 Å².